The highest BCUT2D eigenvalue weighted by Gasteiger charge is 2.37. The van der Waals surface area contributed by atoms with Crippen molar-refractivity contribution in [1.82, 2.24) is 0 Å². The molecule has 0 amide bonds. The van der Waals surface area contributed by atoms with Gasteiger partial charge in [-0.15, -0.1) is 0 Å². The minimum atomic E-state index is -1.10. The van der Waals surface area contributed by atoms with Crippen LogP contribution in [0.3, 0.4) is 0 Å². The van der Waals surface area contributed by atoms with Crippen molar-refractivity contribution < 1.29 is 24.6 Å². The quantitative estimate of drug-likeness (QED) is 0.503. The minimum absolute atomic E-state index is 0.0892. The van der Waals surface area contributed by atoms with Gasteiger partial charge < -0.3 is 14.9 Å². The lowest BCUT2D eigenvalue weighted by molar-refractivity contribution is -0.130. The van der Waals surface area contributed by atoms with Gasteiger partial charge in [0, 0.05) is 5.56 Å². The summed E-state index contributed by atoms with van der Waals surface area (Å²) in [6, 6.07) is 4.95. The van der Waals surface area contributed by atoms with Crippen molar-refractivity contribution in [1.29, 1.82) is 0 Å². The number of anilines is 1. The molecule has 0 aliphatic heterocycles. The van der Waals surface area contributed by atoms with Crippen LogP contribution in [0.1, 0.15) is 45.0 Å². The second-order valence-electron chi connectivity index (χ2n) is 6.27. The van der Waals surface area contributed by atoms with Gasteiger partial charge >= 0.3 is 0 Å². The Kier molecular flexibility index (Phi) is 5.93. The molecule has 1 aromatic carbocycles. The molecule has 22 heavy (non-hydrogen) atoms. The summed E-state index contributed by atoms with van der Waals surface area (Å²) in [7, 11) is 0. The summed E-state index contributed by atoms with van der Waals surface area (Å²) in [5.41, 5.74) is 1.41. The van der Waals surface area contributed by atoms with Gasteiger partial charge in [0.2, 0.25) is 0 Å². The fraction of sp³-hybridized carbons (Fsp3) is 0.562. The molecule has 0 radical (unpaired) electrons. The topological polar surface area (TPSA) is 88.0 Å². The number of rotatable bonds is 8. The van der Waals surface area contributed by atoms with E-state index >= 15 is 0 Å². The number of aliphatic hydroxyl groups is 2. The van der Waals surface area contributed by atoms with Crippen molar-refractivity contribution in [2.24, 2.45) is 0 Å². The van der Waals surface area contributed by atoms with Gasteiger partial charge in [0.05, 0.1) is 11.7 Å². The van der Waals surface area contributed by atoms with E-state index in [0.29, 0.717) is 23.3 Å². The predicted molar refractivity (Wildman–Crippen MR) is 84.1 cm³/mol. The molecule has 0 fully saturated rings. The Morgan fingerprint density at radius 1 is 1.32 bits per heavy atom. The number of aldehydes is 1. The highest BCUT2D eigenvalue weighted by Crippen LogP contribution is 2.31. The lowest BCUT2D eigenvalue weighted by Gasteiger charge is -2.36. The standard InChI is InChI=1S/C16H25NO5/c1-11(19)10-21-13-8-6-7-12(9-18)14(13)17-22-16(4,5)15(2,3)20/h6-9,11,17,19-20H,10H2,1-5H3. The molecule has 0 aromatic heterocycles. The maximum absolute atomic E-state index is 11.2. The van der Waals surface area contributed by atoms with Crippen LogP contribution in [0.4, 0.5) is 5.69 Å². The molecular formula is C16H25NO5. The SMILES string of the molecule is CC(O)COc1cccc(C=O)c1NOC(C)(C)C(C)(C)O. The fourth-order valence-corrected chi connectivity index (χ4v) is 1.39. The molecule has 124 valence electrons. The van der Waals surface area contributed by atoms with E-state index < -0.39 is 17.3 Å². The lowest BCUT2D eigenvalue weighted by Crippen LogP contribution is -2.48. The van der Waals surface area contributed by atoms with Crippen LogP contribution in [0, 0.1) is 0 Å². The Bertz CT molecular complexity index is 506. The molecule has 1 aromatic rings. The summed E-state index contributed by atoms with van der Waals surface area (Å²) < 4.78 is 5.48. The normalized spacial score (nSPS) is 13.6. The van der Waals surface area contributed by atoms with Gasteiger partial charge in [-0.25, -0.2) is 0 Å². The van der Waals surface area contributed by atoms with Gasteiger partial charge in [-0.05, 0) is 46.8 Å². The van der Waals surface area contributed by atoms with Crippen molar-refractivity contribution in [2.75, 3.05) is 12.1 Å². The number of para-hydroxylation sites is 1. The number of hydrogen-bond acceptors (Lipinski definition) is 6. The number of hydrogen-bond donors (Lipinski definition) is 3. The first-order valence-electron chi connectivity index (χ1n) is 7.14. The van der Waals surface area contributed by atoms with Crippen molar-refractivity contribution in [2.45, 2.75) is 51.9 Å². The van der Waals surface area contributed by atoms with Crippen LogP contribution in [0.5, 0.6) is 5.75 Å². The molecule has 0 heterocycles. The summed E-state index contributed by atoms with van der Waals surface area (Å²) in [5.74, 6) is 0.386. The first-order valence-corrected chi connectivity index (χ1v) is 7.14. The zero-order valence-electron chi connectivity index (χ0n) is 13.7. The molecule has 1 atom stereocenters. The fourth-order valence-electron chi connectivity index (χ4n) is 1.39. The Balaban J connectivity index is 2.99. The zero-order chi connectivity index (χ0) is 17.0. The number of benzene rings is 1. The first-order chi connectivity index (χ1) is 10.1. The van der Waals surface area contributed by atoms with E-state index in [2.05, 4.69) is 5.48 Å². The molecule has 6 heteroatoms. The molecule has 0 bridgehead atoms. The second kappa shape index (κ2) is 7.09. The summed E-state index contributed by atoms with van der Waals surface area (Å²) in [4.78, 5) is 16.8. The average molecular weight is 311 g/mol. The molecule has 6 nitrogen and oxygen atoms in total. The van der Waals surface area contributed by atoms with E-state index in [9.17, 15) is 15.0 Å². The van der Waals surface area contributed by atoms with Gasteiger partial charge in [-0.1, -0.05) is 6.07 Å². The lowest BCUT2D eigenvalue weighted by atomic mass is 9.90. The summed E-state index contributed by atoms with van der Waals surface area (Å²) in [6.45, 7) is 8.40. The Morgan fingerprint density at radius 3 is 2.45 bits per heavy atom. The zero-order valence-corrected chi connectivity index (χ0v) is 13.7. The minimum Gasteiger partial charge on any atom is -0.489 e. The van der Waals surface area contributed by atoms with E-state index in [1.165, 1.54) is 0 Å². The second-order valence-corrected chi connectivity index (χ2v) is 6.27. The average Bonchev–Trinajstić information content (AvgIpc) is 2.41. The van der Waals surface area contributed by atoms with Gasteiger partial charge in [0.1, 0.15) is 23.6 Å². The predicted octanol–water partition coefficient (Wildman–Crippen LogP) is 2.15. The number of carbonyl (C=O) groups is 1. The Hall–Kier alpha value is -1.63. The van der Waals surface area contributed by atoms with Crippen molar-refractivity contribution in [3.63, 3.8) is 0 Å². The van der Waals surface area contributed by atoms with Crippen LogP contribution >= 0.6 is 0 Å². The van der Waals surface area contributed by atoms with Gasteiger partial charge in [-0.3, -0.25) is 15.1 Å². The number of aliphatic hydroxyl groups excluding tert-OH is 1. The first kappa shape index (κ1) is 18.4. The summed E-state index contributed by atoms with van der Waals surface area (Å²) in [5, 5.41) is 19.4. The van der Waals surface area contributed by atoms with Crippen LogP contribution in [0.25, 0.3) is 0 Å². The van der Waals surface area contributed by atoms with Crippen molar-refractivity contribution >= 4 is 12.0 Å². The third kappa shape index (κ3) is 4.69. The van der Waals surface area contributed by atoms with Gasteiger partial charge in [0.25, 0.3) is 0 Å². The van der Waals surface area contributed by atoms with Gasteiger partial charge in [0.15, 0.2) is 6.29 Å². The molecule has 0 aliphatic carbocycles. The van der Waals surface area contributed by atoms with E-state index in [-0.39, 0.29) is 6.61 Å². The Labute approximate surface area is 131 Å². The molecule has 1 unspecified atom stereocenters. The highest BCUT2D eigenvalue weighted by atomic mass is 16.7. The van der Waals surface area contributed by atoms with Crippen LogP contribution in [-0.2, 0) is 4.84 Å². The van der Waals surface area contributed by atoms with E-state index in [1.807, 2.05) is 0 Å². The van der Waals surface area contributed by atoms with Crippen LogP contribution in [0.15, 0.2) is 18.2 Å². The molecule has 3 N–H and O–H groups in total. The van der Waals surface area contributed by atoms with Crippen LogP contribution in [0.2, 0.25) is 0 Å². The largest absolute Gasteiger partial charge is 0.489 e. The highest BCUT2D eigenvalue weighted by molar-refractivity contribution is 5.86. The number of nitrogens with one attached hydrogen (secondary N) is 1. The third-order valence-corrected chi connectivity index (χ3v) is 3.55. The van der Waals surface area contributed by atoms with Crippen LogP contribution in [-0.4, -0.2) is 40.4 Å². The van der Waals surface area contributed by atoms with E-state index in [0.717, 1.165) is 0 Å². The molecule has 0 aliphatic rings. The molecule has 0 saturated heterocycles. The smallest absolute Gasteiger partial charge is 0.152 e. The number of carbonyl (C=O) groups excluding carboxylic acids is 1. The molecule has 0 spiro atoms. The third-order valence-electron chi connectivity index (χ3n) is 3.55. The van der Waals surface area contributed by atoms with Gasteiger partial charge in [-0.2, -0.15) is 0 Å². The van der Waals surface area contributed by atoms with E-state index in [4.69, 9.17) is 9.57 Å². The molecular weight excluding hydrogens is 286 g/mol. The maximum Gasteiger partial charge on any atom is 0.152 e. The maximum atomic E-state index is 11.2. The monoisotopic (exact) mass is 311 g/mol. The number of ether oxygens (including phenoxy) is 1. The van der Waals surface area contributed by atoms with Crippen molar-refractivity contribution in [3.05, 3.63) is 23.8 Å². The van der Waals surface area contributed by atoms with Crippen molar-refractivity contribution in [3.8, 4) is 5.75 Å². The van der Waals surface area contributed by atoms with Crippen LogP contribution < -0.4 is 10.2 Å². The molecule has 0 saturated carbocycles. The summed E-state index contributed by atoms with van der Waals surface area (Å²) in [6.07, 6.45) is 0.0411. The Morgan fingerprint density at radius 2 is 1.95 bits per heavy atom. The summed E-state index contributed by atoms with van der Waals surface area (Å²) >= 11 is 0. The van der Waals surface area contributed by atoms with E-state index in [1.54, 1.807) is 52.8 Å². The molecule has 1 rings (SSSR count).